The molecule has 0 spiro atoms. The van der Waals surface area contributed by atoms with Crippen LogP contribution in [0.1, 0.15) is 58.8 Å². The lowest BCUT2D eigenvalue weighted by Gasteiger charge is -2.26. The van der Waals surface area contributed by atoms with Crippen LogP contribution in [0.25, 0.3) is 0 Å². The monoisotopic (exact) mass is 482 g/mol. The molecule has 3 aromatic carbocycles. The molecule has 0 aromatic heterocycles. The topological polar surface area (TPSA) is 71.1 Å². The lowest BCUT2D eigenvalue weighted by molar-refractivity contribution is -0.135. The summed E-state index contributed by atoms with van der Waals surface area (Å²) in [6.45, 7) is 5.01. The van der Waals surface area contributed by atoms with Crippen molar-refractivity contribution >= 4 is 11.8 Å². The Labute approximate surface area is 209 Å². The molecule has 0 bridgehead atoms. The lowest BCUT2D eigenvalue weighted by atomic mass is 9.84. The summed E-state index contributed by atoms with van der Waals surface area (Å²) < 4.78 is 23.1. The third-order valence-electron chi connectivity index (χ3n) is 6.90. The fraction of sp³-hybridized carbons (Fsp3) is 0.267. The van der Waals surface area contributed by atoms with E-state index in [2.05, 4.69) is 12.1 Å². The molecule has 0 N–H and O–H groups in total. The van der Waals surface area contributed by atoms with Gasteiger partial charge in [-0.2, -0.15) is 0 Å². The number of carbonyl (C=O) groups is 2. The van der Waals surface area contributed by atoms with Gasteiger partial charge in [-0.25, -0.2) is 0 Å². The third-order valence-corrected chi connectivity index (χ3v) is 6.90. The minimum atomic E-state index is -0.306. The van der Waals surface area contributed by atoms with Crippen molar-refractivity contribution in [3.63, 3.8) is 0 Å². The van der Waals surface area contributed by atoms with Crippen molar-refractivity contribution in [3.05, 3.63) is 93.7 Å². The van der Waals surface area contributed by atoms with E-state index in [0.29, 0.717) is 29.4 Å². The van der Waals surface area contributed by atoms with Crippen molar-refractivity contribution in [2.24, 2.45) is 0 Å². The maximum atomic E-state index is 12.8. The maximum absolute atomic E-state index is 12.8. The van der Waals surface area contributed by atoms with Crippen molar-refractivity contribution in [2.45, 2.75) is 39.0 Å². The Bertz CT molecular complexity index is 1410. The molecule has 0 unspecified atom stereocenters. The second-order valence-electron chi connectivity index (χ2n) is 9.55. The highest BCUT2D eigenvalue weighted by Gasteiger charge is 2.38. The number of rotatable bonds is 5. The Morgan fingerprint density at radius 1 is 0.972 bits per heavy atom. The first-order chi connectivity index (χ1) is 17.5. The first-order valence-corrected chi connectivity index (χ1v) is 12.2. The third kappa shape index (κ3) is 3.92. The van der Waals surface area contributed by atoms with E-state index >= 15 is 0 Å². The zero-order chi connectivity index (χ0) is 24.8. The molecule has 6 heteroatoms. The highest BCUT2D eigenvalue weighted by atomic mass is 16.5. The predicted molar refractivity (Wildman–Crippen MR) is 133 cm³/mol. The van der Waals surface area contributed by atoms with Gasteiger partial charge in [0, 0.05) is 24.3 Å². The van der Waals surface area contributed by atoms with Gasteiger partial charge in [0.25, 0.3) is 0 Å². The fourth-order valence-electron chi connectivity index (χ4n) is 5.09. The van der Waals surface area contributed by atoms with Crippen LogP contribution < -0.4 is 18.9 Å². The molecule has 182 valence electrons. The van der Waals surface area contributed by atoms with Crippen LogP contribution >= 0.6 is 0 Å². The molecule has 36 heavy (non-hydrogen) atoms. The average Bonchev–Trinajstić information content (AvgIpc) is 3.48. The Kier molecular flexibility index (Phi) is 5.52. The van der Waals surface area contributed by atoms with Gasteiger partial charge >= 0.3 is 5.97 Å². The number of allylic oxidation sites excluding steroid dienone is 2. The summed E-state index contributed by atoms with van der Waals surface area (Å²) in [5.74, 6) is 2.31. The highest BCUT2D eigenvalue weighted by Crippen LogP contribution is 2.49. The number of Topliss-reactive ketones (excluding diaryl/α,β-unsaturated/α-hetero) is 1. The molecule has 0 saturated carbocycles. The summed E-state index contributed by atoms with van der Waals surface area (Å²) in [7, 11) is 0. The van der Waals surface area contributed by atoms with Crippen molar-refractivity contribution < 1.29 is 28.5 Å². The molecule has 0 fully saturated rings. The zero-order valence-electron chi connectivity index (χ0n) is 20.3. The summed E-state index contributed by atoms with van der Waals surface area (Å²) in [6.07, 6.45) is 1.94. The molecule has 6 nitrogen and oxygen atoms in total. The molecular weight excluding hydrogens is 456 g/mol. The smallest absolute Gasteiger partial charge is 0.312 e. The molecule has 1 atom stereocenters. The summed E-state index contributed by atoms with van der Waals surface area (Å²) >= 11 is 0. The Balaban J connectivity index is 1.21. The number of fused-ring (bicyclic) bond motifs is 4. The Morgan fingerprint density at radius 2 is 1.78 bits per heavy atom. The summed E-state index contributed by atoms with van der Waals surface area (Å²) in [4.78, 5) is 25.2. The van der Waals surface area contributed by atoms with Crippen LogP contribution in [0.5, 0.6) is 23.0 Å². The molecule has 0 aliphatic carbocycles. The van der Waals surface area contributed by atoms with Crippen LogP contribution in [0.3, 0.4) is 0 Å². The minimum Gasteiger partial charge on any atom is -0.493 e. The molecule has 6 rings (SSSR count). The summed E-state index contributed by atoms with van der Waals surface area (Å²) in [5, 5.41) is 0. The van der Waals surface area contributed by atoms with E-state index in [4.69, 9.17) is 18.9 Å². The molecule has 0 amide bonds. The van der Waals surface area contributed by atoms with Gasteiger partial charge in [-0.1, -0.05) is 24.3 Å². The normalized spacial score (nSPS) is 17.5. The van der Waals surface area contributed by atoms with Gasteiger partial charge < -0.3 is 18.9 Å². The van der Waals surface area contributed by atoms with Crippen molar-refractivity contribution in [2.75, 3.05) is 13.2 Å². The van der Waals surface area contributed by atoms with Crippen LogP contribution in [-0.4, -0.2) is 25.0 Å². The fourth-order valence-corrected chi connectivity index (χ4v) is 5.09. The number of carbonyl (C=O) groups excluding carboxylic acids is 2. The van der Waals surface area contributed by atoms with E-state index in [1.807, 2.05) is 44.2 Å². The van der Waals surface area contributed by atoms with E-state index in [-0.39, 0.29) is 24.1 Å². The summed E-state index contributed by atoms with van der Waals surface area (Å²) in [5.41, 5.74) is 5.49. The first-order valence-electron chi connectivity index (χ1n) is 12.2. The molecule has 3 aliphatic rings. The van der Waals surface area contributed by atoms with E-state index in [9.17, 15) is 9.59 Å². The number of ketones is 1. The lowest BCUT2D eigenvalue weighted by Crippen LogP contribution is -2.21. The standard InChI is InChI=1S/C30H26O6/c1-17(2)29-28(32)22-8-10-25-27(30(22)36-29)23(16-26(31)35-25)19-4-6-21(7-5-19)33-13-11-18-3-9-24-20(15-18)12-14-34-24/h3-10,15,23H,11-14,16H2,1-2H3/t23-/m0/s1. The number of benzene rings is 3. The van der Waals surface area contributed by atoms with Crippen LogP contribution in [0.4, 0.5) is 0 Å². The molecular formula is C30H26O6. The molecule has 3 aromatic rings. The molecule has 0 radical (unpaired) electrons. The van der Waals surface area contributed by atoms with E-state index in [1.54, 1.807) is 12.1 Å². The van der Waals surface area contributed by atoms with Crippen LogP contribution in [0.15, 0.2) is 65.9 Å². The highest BCUT2D eigenvalue weighted by molar-refractivity contribution is 6.13. The average molecular weight is 483 g/mol. The van der Waals surface area contributed by atoms with Gasteiger partial charge in [0.1, 0.15) is 23.0 Å². The van der Waals surface area contributed by atoms with Crippen molar-refractivity contribution in [3.8, 4) is 23.0 Å². The SMILES string of the molecule is CC(C)=C1Oc2c(ccc3c2[C@H](c2ccc(OCCc4ccc5c(c4)CCO5)cc2)CC(=O)O3)C1=O. The van der Waals surface area contributed by atoms with Gasteiger partial charge in [-0.15, -0.1) is 0 Å². The van der Waals surface area contributed by atoms with E-state index in [1.165, 1.54) is 11.1 Å². The predicted octanol–water partition coefficient (Wildman–Crippen LogP) is 5.55. The number of hydrogen-bond donors (Lipinski definition) is 0. The number of esters is 1. The van der Waals surface area contributed by atoms with Crippen LogP contribution in [0, 0.1) is 0 Å². The summed E-state index contributed by atoms with van der Waals surface area (Å²) in [6, 6.07) is 17.4. The molecule has 3 heterocycles. The van der Waals surface area contributed by atoms with Crippen LogP contribution in [-0.2, 0) is 17.6 Å². The molecule has 0 saturated heterocycles. The van der Waals surface area contributed by atoms with Gasteiger partial charge in [0.15, 0.2) is 5.76 Å². The van der Waals surface area contributed by atoms with Gasteiger partial charge in [0.05, 0.1) is 25.2 Å². The van der Waals surface area contributed by atoms with E-state index < -0.39 is 0 Å². The van der Waals surface area contributed by atoms with Gasteiger partial charge in [-0.3, -0.25) is 9.59 Å². The minimum absolute atomic E-state index is 0.136. The second-order valence-corrected chi connectivity index (χ2v) is 9.55. The quantitative estimate of drug-likeness (QED) is 0.270. The van der Waals surface area contributed by atoms with E-state index in [0.717, 1.165) is 47.6 Å². The second kappa shape index (κ2) is 8.86. The maximum Gasteiger partial charge on any atom is 0.312 e. The van der Waals surface area contributed by atoms with Gasteiger partial charge in [-0.05, 0) is 66.4 Å². The largest absolute Gasteiger partial charge is 0.493 e. The van der Waals surface area contributed by atoms with Gasteiger partial charge in [0.2, 0.25) is 5.78 Å². The van der Waals surface area contributed by atoms with Crippen molar-refractivity contribution in [1.29, 1.82) is 0 Å². The van der Waals surface area contributed by atoms with Crippen molar-refractivity contribution in [1.82, 2.24) is 0 Å². The Morgan fingerprint density at radius 3 is 2.58 bits per heavy atom. The number of ether oxygens (including phenoxy) is 4. The molecule has 3 aliphatic heterocycles. The number of hydrogen-bond acceptors (Lipinski definition) is 6. The Hall–Kier alpha value is -4.06. The van der Waals surface area contributed by atoms with Crippen LogP contribution in [0.2, 0.25) is 0 Å². The first kappa shape index (κ1) is 22.4. The zero-order valence-corrected chi connectivity index (χ0v) is 20.3.